The summed E-state index contributed by atoms with van der Waals surface area (Å²) in [6.07, 6.45) is 5.50. The van der Waals surface area contributed by atoms with Crippen molar-refractivity contribution in [3.05, 3.63) is 28.0 Å². The van der Waals surface area contributed by atoms with Gasteiger partial charge in [0.2, 0.25) is 0 Å². The number of carbonyl (C=O) groups is 1. The van der Waals surface area contributed by atoms with Crippen molar-refractivity contribution in [2.75, 3.05) is 6.54 Å². The lowest BCUT2D eigenvalue weighted by atomic mass is 9.97. The second kappa shape index (κ2) is 6.58. The standard InChI is InChI=1S/C14H18Cl2N2O/c1-2-5-11-6-3-4-7-18(11)14(19)10-8-12(15)17-13(16)9-10/h8-9,11H,2-7H2,1H3. The molecule has 0 N–H and O–H groups in total. The van der Waals surface area contributed by atoms with Gasteiger partial charge in [0.1, 0.15) is 10.3 Å². The highest BCUT2D eigenvalue weighted by molar-refractivity contribution is 6.33. The molecule has 0 bridgehead atoms. The largest absolute Gasteiger partial charge is 0.336 e. The van der Waals surface area contributed by atoms with Crippen LogP contribution in [-0.2, 0) is 0 Å². The highest BCUT2D eigenvalue weighted by atomic mass is 35.5. The second-order valence-electron chi connectivity index (χ2n) is 4.94. The Morgan fingerprint density at radius 1 is 1.37 bits per heavy atom. The lowest BCUT2D eigenvalue weighted by molar-refractivity contribution is 0.0600. The molecule has 1 aliphatic heterocycles. The van der Waals surface area contributed by atoms with Gasteiger partial charge < -0.3 is 4.90 Å². The smallest absolute Gasteiger partial charge is 0.254 e. The van der Waals surface area contributed by atoms with E-state index in [4.69, 9.17) is 23.2 Å². The third-order valence-electron chi connectivity index (χ3n) is 3.52. The fraction of sp³-hybridized carbons (Fsp3) is 0.571. The number of hydrogen-bond acceptors (Lipinski definition) is 2. The first-order chi connectivity index (χ1) is 9.11. The van der Waals surface area contributed by atoms with Crippen LogP contribution in [0.3, 0.4) is 0 Å². The van der Waals surface area contributed by atoms with Crippen LogP contribution in [0.4, 0.5) is 0 Å². The summed E-state index contributed by atoms with van der Waals surface area (Å²) >= 11 is 11.7. The highest BCUT2D eigenvalue weighted by Crippen LogP contribution is 2.24. The minimum Gasteiger partial charge on any atom is -0.336 e. The van der Waals surface area contributed by atoms with Gasteiger partial charge in [-0.25, -0.2) is 4.98 Å². The molecular formula is C14H18Cl2N2O. The van der Waals surface area contributed by atoms with Crippen LogP contribution in [0.2, 0.25) is 10.3 Å². The summed E-state index contributed by atoms with van der Waals surface area (Å²) in [5.41, 5.74) is 0.535. The molecule has 1 aromatic heterocycles. The lowest BCUT2D eigenvalue weighted by Gasteiger charge is -2.35. The average Bonchev–Trinajstić information content (AvgIpc) is 2.38. The van der Waals surface area contributed by atoms with Crippen LogP contribution >= 0.6 is 23.2 Å². The summed E-state index contributed by atoms with van der Waals surface area (Å²) < 4.78 is 0. The van der Waals surface area contributed by atoms with E-state index in [2.05, 4.69) is 11.9 Å². The predicted octanol–water partition coefficient (Wildman–Crippen LogP) is 4.18. The van der Waals surface area contributed by atoms with Crippen LogP contribution < -0.4 is 0 Å². The van der Waals surface area contributed by atoms with E-state index in [1.165, 1.54) is 6.42 Å². The quantitative estimate of drug-likeness (QED) is 0.785. The van der Waals surface area contributed by atoms with Crippen LogP contribution in [0, 0.1) is 0 Å². The molecule has 0 aliphatic carbocycles. The van der Waals surface area contributed by atoms with E-state index in [1.807, 2.05) is 4.90 Å². The first kappa shape index (κ1) is 14.6. The van der Waals surface area contributed by atoms with E-state index in [1.54, 1.807) is 12.1 Å². The lowest BCUT2D eigenvalue weighted by Crippen LogP contribution is -2.43. The number of halogens is 2. The number of hydrogen-bond donors (Lipinski definition) is 0. The molecule has 0 spiro atoms. The van der Waals surface area contributed by atoms with E-state index in [0.29, 0.717) is 11.6 Å². The van der Waals surface area contributed by atoms with Gasteiger partial charge >= 0.3 is 0 Å². The van der Waals surface area contributed by atoms with Crippen LogP contribution in [0.5, 0.6) is 0 Å². The van der Waals surface area contributed by atoms with Crippen molar-refractivity contribution in [1.29, 1.82) is 0 Å². The molecule has 5 heteroatoms. The molecule has 0 saturated carbocycles. The van der Waals surface area contributed by atoms with Crippen LogP contribution in [0.15, 0.2) is 12.1 Å². The van der Waals surface area contributed by atoms with Gasteiger partial charge in [-0.1, -0.05) is 36.5 Å². The Hall–Kier alpha value is -0.800. The van der Waals surface area contributed by atoms with Gasteiger partial charge in [-0.15, -0.1) is 0 Å². The van der Waals surface area contributed by atoms with E-state index < -0.39 is 0 Å². The Kier molecular flexibility index (Phi) is 5.06. The molecule has 2 heterocycles. The number of likely N-dealkylation sites (tertiary alicyclic amines) is 1. The van der Waals surface area contributed by atoms with E-state index in [9.17, 15) is 4.79 Å². The maximum Gasteiger partial charge on any atom is 0.254 e. The molecule has 2 rings (SSSR count). The first-order valence-corrected chi connectivity index (χ1v) is 7.51. The fourth-order valence-electron chi connectivity index (χ4n) is 2.66. The van der Waals surface area contributed by atoms with E-state index in [-0.39, 0.29) is 16.2 Å². The number of nitrogens with zero attached hydrogens (tertiary/aromatic N) is 2. The number of amides is 1. The number of carbonyl (C=O) groups excluding carboxylic acids is 1. The van der Waals surface area contributed by atoms with E-state index >= 15 is 0 Å². The van der Waals surface area contributed by atoms with E-state index in [0.717, 1.165) is 32.2 Å². The minimum atomic E-state index is 0.0179. The fourth-order valence-corrected chi connectivity index (χ4v) is 3.12. The van der Waals surface area contributed by atoms with Crippen LogP contribution in [-0.4, -0.2) is 28.4 Å². The third-order valence-corrected chi connectivity index (χ3v) is 3.91. The zero-order valence-corrected chi connectivity index (χ0v) is 12.5. The molecular weight excluding hydrogens is 283 g/mol. The highest BCUT2D eigenvalue weighted by Gasteiger charge is 2.27. The minimum absolute atomic E-state index is 0.0179. The zero-order chi connectivity index (χ0) is 13.8. The number of aromatic nitrogens is 1. The molecule has 1 saturated heterocycles. The van der Waals surface area contributed by atoms with Gasteiger partial charge in [-0.05, 0) is 37.8 Å². The Balaban J connectivity index is 2.20. The molecule has 1 aromatic rings. The number of rotatable bonds is 3. The molecule has 1 unspecified atom stereocenters. The number of pyridine rings is 1. The average molecular weight is 301 g/mol. The molecule has 3 nitrogen and oxygen atoms in total. The Labute approximate surface area is 123 Å². The maximum atomic E-state index is 12.6. The first-order valence-electron chi connectivity index (χ1n) is 6.76. The summed E-state index contributed by atoms with van der Waals surface area (Å²) in [5, 5.41) is 0.528. The number of piperidine rings is 1. The summed E-state index contributed by atoms with van der Waals surface area (Å²) in [6.45, 7) is 2.97. The van der Waals surface area contributed by atoms with Crippen LogP contribution in [0.1, 0.15) is 49.4 Å². The Morgan fingerprint density at radius 2 is 2.05 bits per heavy atom. The predicted molar refractivity (Wildman–Crippen MR) is 77.8 cm³/mol. The van der Waals surface area contributed by atoms with Crippen molar-refractivity contribution in [3.8, 4) is 0 Å². The van der Waals surface area contributed by atoms with Crippen molar-refractivity contribution in [1.82, 2.24) is 9.88 Å². The van der Waals surface area contributed by atoms with Crippen molar-refractivity contribution >= 4 is 29.1 Å². The van der Waals surface area contributed by atoms with Crippen molar-refractivity contribution in [3.63, 3.8) is 0 Å². The van der Waals surface area contributed by atoms with Gasteiger partial charge in [0.15, 0.2) is 0 Å². The normalized spacial score (nSPS) is 19.5. The maximum absolute atomic E-state index is 12.6. The van der Waals surface area contributed by atoms with Gasteiger partial charge in [-0.3, -0.25) is 4.79 Å². The molecule has 0 radical (unpaired) electrons. The Morgan fingerprint density at radius 3 is 2.68 bits per heavy atom. The molecule has 19 heavy (non-hydrogen) atoms. The molecule has 1 fully saturated rings. The summed E-state index contributed by atoms with van der Waals surface area (Å²) in [7, 11) is 0. The second-order valence-corrected chi connectivity index (χ2v) is 5.71. The summed E-state index contributed by atoms with van der Waals surface area (Å²) in [4.78, 5) is 18.4. The summed E-state index contributed by atoms with van der Waals surface area (Å²) in [5.74, 6) is 0.0179. The van der Waals surface area contributed by atoms with Gasteiger partial charge in [0.05, 0.1) is 0 Å². The molecule has 1 amide bonds. The topological polar surface area (TPSA) is 33.2 Å². The molecule has 1 atom stereocenters. The summed E-state index contributed by atoms with van der Waals surface area (Å²) in [6, 6.07) is 3.53. The molecule has 1 aliphatic rings. The van der Waals surface area contributed by atoms with Crippen molar-refractivity contribution in [2.45, 2.75) is 45.1 Å². The SMILES string of the molecule is CCCC1CCCCN1C(=O)c1cc(Cl)nc(Cl)c1. The zero-order valence-electron chi connectivity index (χ0n) is 11.0. The van der Waals surface area contributed by atoms with Crippen LogP contribution in [0.25, 0.3) is 0 Å². The van der Waals surface area contributed by atoms with Crippen molar-refractivity contribution < 1.29 is 4.79 Å². The van der Waals surface area contributed by atoms with Gasteiger partial charge in [0.25, 0.3) is 5.91 Å². The van der Waals surface area contributed by atoms with Gasteiger partial charge in [-0.2, -0.15) is 0 Å². The molecule has 0 aromatic carbocycles. The molecule has 104 valence electrons. The van der Waals surface area contributed by atoms with Crippen molar-refractivity contribution in [2.24, 2.45) is 0 Å². The van der Waals surface area contributed by atoms with Gasteiger partial charge in [0, 0.05) is 18.2 Å². The monoisotopic (exact) mass is 300 g/mol. The third kappa shape index (κ3) is 3.61. The Bertz CT molecular complexity index is 443.